The van der Waals surface area contributed by atoms with Crippen molar-refractivity contribution in [3.63, 3.8) is 0 Å². The van der Waals surface area contributed by atoms with Crippen LogP contribution in [0, 0.1) is 5.92 Å². The van der Waals surface area contributed by atoms with Gasteiger partial charge in [0.05, 0.1) is 6.10 Å². The van der Waals surface area contributed by atoms with Crippen LogP contribution in [-0.4, -0.2) is 16.3 Å². The fourth-order valence-corrected chi connectivity index (χ4v) is 1.67. The number of rotatable bonds is 1. The number of aliphatic hydroxyl groups is 1. The van der Waals surface area contributed by atoms with Crippen LogP contribution in [0.5, 0.6) is 0 Å². The molecule has 3 nitrogen and oxygen atoms in total. The molecule has 0 radical (unpaired) electrons. The molecule has 1 rings (SSSR count). The smallest absolute Gasteiger partial charge is 0.167 e. The third kappa shape index (κ3) is 2.97. The Morgan fingerprint density at radius 3 is 3.08 bits per heavy atom. The first-order chi connectivity index (χ1) is 6.11. The molecule has 0 saturated carbocycles. The molecule has 0 aromatic rings. The zero-order chi connectivity index (χ0) is 9.84. The maximum Gasteiger partial charge on any atom is 0.167 e. The van der Waals surface area contributed by atoms with Gasteiger partial charge in [-0.1, -0.05) is 13.0 Å². The molecule has 4 N–H and O–H groups in total. The van der Waals surface area contributed by atoms with E-state index < -0.39 is 6.10 Å². The Morgan fingerprint density at radius 2 is 2.46 bits per heavy atom. The van der Waals surface area contributed by atoms with Gasteiger partial charge in [0.15, 0.2) is 5.11 Å². The summed E-state index contributed by atoms with van der Waals surface area (Å²) in [4.78, 5) is 0. The van der Waals surface area contributed by atoms with E-state index in [1.54, 1.807) is 0 Å². The summed E-state index contributed by atoms with van der Waals surface area (Å²) < 4.78 is 0. The van der Waals surface area contributed by atoms with Gasteiger partial charge in [-0.25, -0.2) is 0 Å². The van der Waals surface area contributed by atoms with E-state index >= 15 is 0 Å². The maximum absolute atomic E-state index is 9.82. The van der Waals surface area contributed by atoms with E-state index in [-0.39, 0.29) is 11.0 Å². The normalized spacial score (nSPS) is 28.9. The highest BCUT2D eigenvalue weighted by molar-refractivity contribution is 7.80. The molecule has 0 saturated heterocycles. The third-order valence-electron chi connectivity index (χ3n) is 2.35. The predicted octanol–water partition coefficient (Wildman–Crippen LogP) is 0.884. The number of aliphatic hydroxyl groups excluding tert-OH is 1. The summed E-state index contributed by atoms with van der Waals surface area (Å²) in [5, 5.41) is 12.9. The lowest BCUT2D eigenvalue weighted by Crippen LogP contribution is -2.35. The molecule has 13 heavy (non-hydrogen) atoms. The largest absolute Gasteiger partial charge is 0.387 e. The van der Waals surface area contributed by atoms with E-state index in [1.807, 2.05) is 13.0 Å². The highest BCUT2D eigenvalue weighted by atomic mass is 32.1. The van der Waals surface area contributed by atoms with Gasteiger partial charge in [-0.15, -0.1) is 0 Å². The second-order valence-corrected chi connectivity index (χ2v) is 3.94. The van der Waals surface area contributed by atoms with Crippen LogP contribution in [0.4, 0.5) is 0 Å². The van der Waals surface area contributed by atoms with Crippen molar-refractivity contribution in [2.75, 3.05) is 0 Å². The Morgan fingerprint density at radius 1 is 1.77 bits per heavy atom. The minimum atomic E-state index is -0.455. The van der Waals surface area contributed by atoms with Gasteiger partial charge in [-0.3, -0.25) is 0 Å². The number of allylic oxidation sites excluding steroid dienone is 1. The summed E-state index contributed by atoms with van der Waals surface area (Å²) in [5.74, 6) is 0.274. The second-order valence-electron chi connectivity index (χ2n) is 3.50. The first kappa shape index (κ1) is 10.5. The zero-order valence-corrected chi connectivity index (χ0v) is 8.60. The highest BCUT2D eigenvalue weighted by Gasteiger charge is 2.20. The Balaban J connectivity index is 2.67. The summed E-state index contributed by atoms with van der Waals surface area (Å²) >= 11 is 4.73. The van der Waals surface area contributed by atoms with Crippen LogP contribution < -0.4 is 11.1 Å². The van der Waals surface area contributed by atoms with Crippen molar-refractivity contribution in [2.45, 2.75) is 32.3 Å². The lowest BCUT2D eigenvalue weighted by atomic mass is 9.99. The van der Waals surface area contributed by atoms with Crippen LogP contribution in [0.25, 0.3) is 0 Å². The molecule has 0 aromatic heterocycles. The minimum absolute atomic E-state index is 0.222. The Hall–Kier alpha value is -0.610. The number of hydrogen-bond donors (Lipinski definition) is 3. The van der Waals surface area contributed by atoms with Crippen LogP contribution in [-0.2, 0) is 0 Å². The van der Waals surface area contributed by atoms with Gasteiger partial charge < -0.3 is 16.2 Å². The molecule has 0 fully saturated rings. The Kier molecular flexibility index (Phi) is 3.69. The summed E-state index contributed by atoms with van der Waals surface area (Å²) in [6, 6.07) is 0. The molecule has 1 aliphatic carbocycles. The van der Waals surface area contributed by atoms with Crippen LogP contribution in [0.2, 0.25) is 0 Å². The average Bonchev–Trinajstić information content (AvgIpc) is 2.19. The molecule has 1 aliphatic rings. The van der Waals surface area contributed by atoms with Crippen LogP contribution in [0.1, 0.15) is 26.2 Å². The van der Waals surface area contributed by atoms with Crippen molar-refractivity contribution in [3.8, 4) is 0 Å². The molecule has 0 aliphatic heterocycles. The molecule has 2 atom stereocenters. The van der Waals surface area contributed by atoms with Crippen molar-refractivity contribution in [2.24, 2.45) is 11.7 Å². The molecule has 0 heterocycles. The molecule has 74 valence electrons. The highest BCUT2D eigenvalue weighted by Crippen LogP contribution is 2.21. The second kappa shape index (κ2) is 4.58. The Labute approximate surface area is 84.0 Å². The van der Waals surface area contributed by atoms with Crippen LogP contribution in [0.15, 0.2) is 11.8 Å². The topological polar surface area (TPSA) is 58.3 Å². The molecular formula is C9H16N2OS. The van der Waals surface area contributed by atoms with Gasteiger partial charge in [-0.2, -0.15) is 0 Å². The number of nitrogens with one attached hydrogen (secondary N) is 1. The van der Waals surface area contributed by atoms with Crippen molar-refractivity contribution in [3.05, 3.63) is 11.8 Å². The number of hydrogen-bond acceptors (Lipinski definition) is 2. The SMILES string of the molecule is CC1CCCC=C(NC(N)=S)C1O. The lowest BCUT2D eigenvalue weighted by molar-refractivity contribution is 0.143. The van der Waals surface area contributed by atoms with Gasteiger partial charge >= 0.3 is 0 Å². The minimum Gasteiger partial charge on any atom is -0.387 e. The quantitative estimate of drug-likeness (QED) is 0.550. The van der Waals surface area contributed by atoms with Crippen LogP contribution >= 0.6 is 12.2 Å². The summed E-state index contributed by atoms with van der Waals surface area (Å²) in [7, 11) is 0. The van der Waals surface area contributed by atoms with E-state index in [1.165, 1.54) is 0 Å². The zero-order valence-electron chi connectivity index (χ0n) is 7.79. The molecule has 0 aromatic carbocycles. The first-order valence-corrected chi connectivity index (χ1v) is 4.96. The standard InChI is InChI=1S/C9H16N2OS/c1-6-4-2-3-5-7(8(6)12)11-9(10)13/h5-6,8,12H,2-4H2,1H3,(H3,10,11,13). The monoisotopic (exact) mass is 200 g/mol. The molecule has 0 spiro atoms. The number of nitrogens with two attached hydrogens (primary N) is 1. The lowest BCUT2D eigenvalue weighted by Gasteiger charge is -2.19. The van der Waals surface area contributed by atoms with Gasteiger partial charge in [0.25, 0.3) is 0 Å². The van der Waals surface area contributed by atoms with Crippen LogP contribution in [0.3, 0.4) is 0 Å². The fourth-order valence-electron chi connectivity index (χ4n) is 1.55. The predicted molar refractivity (Wildman–Crippen MR) is 57.0 cm³/mol. The molecule has 4 heteroatoms. The summed E-state index contributed by atoms with van der Waals surface area (Å²) in [6.07, 6.45) is 4.66. The molecule has 2 unspecified atom stereocenters. The van der Waals surface area contributed by atoms with Crippen molar-refractivity contribution < 1.29 is 5.11 Å². The molecular weight excluding hydrogens is 184 g/mol. The molecule has 0 bridgehead atoms. The van der Waals surface area contributed by atoms with E-state index in [2.05, 4.69) is 5.32 Å². The van der Waals surface area contributed by atoms with E-state index in [9.17, 15) is 5.11 Å². The van der Waals surface area contributed by atoms with Crippen molar-refractivity contribution in [1.29, 1.82) is 0 Å². The molecule has 0 amide bonds. The maximum atomic E-state index is 9.82. The number of thiocarbonyl (C=S) groups is 1. The summed E-state index contributed by atoms with van der Waals surface area (Å²) in [5.41, 5.74) is 6.11. The van der Waals surface area contributed by atoms with Crippen molar-refractivity contribution in [1.82, 2.24) is 5.32 Å². The van der Waals surface area contributed by atoms with E-state index in [0.29, 0.717) is 0 Å². The third-order valence-corrected chi connectivity index (χ3v) is 2.46. The van der Waals surface area contributed by atoms with E-state index in [0.717, 1.165) is 25.0 Å². The first-order valence-electron chi connectivity index (χ1n) is 4.56. The fraction of sp³-hybridized carbons (Fsp3) is 0.667. The van der Waals surface area contributed by atoms with Gasteiger partial charge in [0.1, 0.15) is 0 Å². The van der Waals surface area contributed by atoms with Crippen molar-refractivity contribution >= 4 is 17.3 Å². The Bertz CT molecular complexity index is 228. The summed E-state index contributed by atoms with van der Waals surface area (Å²) in [6.45, 7) is 2.03. The van der Waals surface area contributed by atoms with Gasteiger partial charge in [-0.05, 0) is 37.4 Å². The van der Waals surface area contributed by atoms with Gasteiger partial charge in [0.2, 0.25) is 0 Å². The average molecular weight is 200 g/mol. The van der Waals surface area contributed by atoms with E-state index in [4.69, 9.17) is 18.0 Å². The van der Waals surface area contributed by atoms with Gasteiger partial charge in [0, 0.05) is 5.70 Å².